The van der Waals surface area contributed by atoms with E-state index < -0.39 is 0 Å². The zero-order valence-corrected chi connectivity index (χ0v) is 12.0. The molecule has 1 heterocycles. The lowest BCUT2D eigenvalue weighted by Gasteiger charge is -2.31. The minimum atomic E-state index is 0.597. The lowest BCUT2D eigenvalue weighted by Crippen LogP contribution is -2.33. The summed E-state index contributed by atoms with van der Waals surface area (Å²) in [4.78, 5) is 2.53. The second-order valence-electron chi connectivity index (χ2n) is 4.83. The quantitative estimate of drug-likeness (QED) is 0.902. The first kappa shape index (κ1) is 12.9. The molecule has 0 bridgehead atoms. The molecule has 0 aliphatic carbocycles. The Labute approximate surface area is 112 Å². The molecule has 1 saturated heterocycles. The number of benzene rings is 1. The lowest BCUT2D eigenvalue weighted by atomic mass is 10.1. The molecule has 1 fully saturated rings. The van der Waals surface area contributed by atoms with Crippen molar-refractivity contribution in [2.45, 2.75) is 45.2 Å². The summed E-state index contributed by atoms with van der Waals surface area (Å²) >= 11 is 3.61. The first-order valence-corrected chi connectivity index (χ1v) is 7.27. The van der Waals surface area contributed by atoms with Gasteiger partial charge in [0.15, 0.2) is 0 Å². The van der Waals surface area contributed by atoms with Gasteiger partial charge >= 0.3 is 0 Å². The fourth-order valence-corrected chi connectivity index (χ4v) is 3.17. The standard InChI is InChI=1S/C14H21BrN2/c1-11-6-3-2-4-9-17(11)14-8-5-7-13(15)12(14)10-16/h5,7-8,11H,2-4,6,9-10,16H2,1H3. The van der Waals surface area contributed by atoms with E-state index in [0.29, 0.717) is 12.6 Å². The van der Waals surface area contributed by atoms with Crippen LogP contribution >= 0.6 is 15.9 Å². The molecule has 1 aliphatic heterocycles. The summed E-state index contributed by atoms with van der Waals surface area (Å²) in [6.07, 6.45) is 5.29. The highest BCUT2D eigenvalue weighted by atomic mass is 79.9. The molecule has 0 radical (unpaired) electrons. The van der Waals surface area contributed by atoms with Gasteiger partial charge in [0.05, 0.1) is 0 Å². The van der Waals surface area contributed by atoms with Gasteiger partial charge in [0.25, 0.3) is 0 Å². The van der Waals surface area contributed by atoms with Gasteiger partial charge in [0.1, 0.15) is 0 Å². The van der Waals surface area contributed by atoms with Gasteiger partial charge in [-0.25, -0.2) is 0 Å². The van der Waals surface area contributed by atoms with E-state index in [2.05, 4.69) is 46.0 Å². The Hall–Kier alpha value is -0.540. The maximum Gasteiger partial charge on any atom is 0.0425 e. The Kier molecular flexibility index (Phi) is 4.46. The van der Waals surface area contributed by atoms with Crippen molar-refractivity contribution in [3.8, 4) is 0 Å². The van der Waals surface area contributed by atoms with E-state index >= 15 is 0 Å². The Morgan fingerprint density at radius 3 is 2.94 bits per heavy atom. The number of hydrogen-bond donors (Lipinski definition) is 1. The van der Waals surface area contributed by atoms with E-state index in [4.69, 9.17) is 5.73 Å². The molecule has 94 valence electrons. The number of rotatable bonds is 2. The van der Waals surface area contributed by atoms with E-state index in [1.165, 1.54) is 36.9 Å². The molecule has 0 aromatic heterocycles. The predicted molar refractivity (Wildman–Crippen MR) is 77.3 cm³/mol. The van der Waals surface area contributed by atoms with Gasteiger partial charge in [-0.15, -0.1) is 0 Å². The highest BCUT2D eigenvalue weighted by Gasteiger charge is 2.19. The van der Waals surface area contributed by atoms with Crippen LogP contribution in [0.3, 0.4) is 0 Å². The molecule has 1 aliphatic rings. The van der Waals surface area contributed by atoms with E-state index in [0.717, 1.165) is 11.0 Å². The molecule has 0 saturated carbocycles. The summed E-state index contributed by atoms with van der Waals surface area (Å²) in [5.74, 6) is 0. The summed E-state index contributed by atoms with van der Waals surface area (Å²) in [6, 6.07) is 7.01. The molecule has 1 aromatic rings. The third-order valence-electron chi connectivity index (χ3n) is 3.66. The van der Waals surface area contributed by atoms with Gasteiger partial charge in [-0.3, -0.25) is 0 Å². The highest BCUT2D eigenvalue weighted by molar-refractivity contribution is 9.10. The first-order valence-electron chi connectivity index (χ1n) is 6.48. The largest absolute Gasteiger partial charge is 0.369 e. The van der Waals surface area contributed by atoms with Gasteiger partial charge in [-0.05, 0) is 31.9 Å². The van der Waals surface area contributed by atoms with Crippen LogP contribution in [0.1, 0.15) is 38.2 Å². The van der Waals surface area contributed by atoms with Gasteiger partial charge in [-0.1, -0.05) is 34.8 Å². The fraction of sp³-hybridized carbons (Fsp3) is 0.571. The van der Waals surface area contributed by atoms with E-state index in [9.17, 15) is 0 Å². The molecular formula is C14H21BrN2. The number of halogens is 1. The van der Waals surface area contributed by atoms with Crippen LogP contribution in [0, 0.1) is 0 Å². The van der Waals surface area contributed by atoms with Crippen LogP contribution in [0.25, 0.3) is 0 Å². The third-order valence-corrected chi connectivity index (χ3v) is 4.40. The monoisotopic (exact) mass is 296 g/mol. The second-order valence-corrected chi connectivity index (χ2v) is 5.69. The average Bonchev–Trinajstić information content (AvgIpc) is 2.53. The lowest BCUT2D eigenvalue weighted by molar-refractivity contribution is 0.614. The maximum absolute atomic E-state index is 5.89. The smallest absolute Gasteiger partial charge is 0.0425 e. The average molecular weight is 297 g/mol. The first-order chi connectivity index (χ1) is 8.24. The minimum absolute atomic E-state index is 0.597. The summed E-state index contributed by atoms with van der Waals surface area (Å²) in [6.45, 7) is 4.08. The summed E-state index contributed by atoms with van der Waals surface area (Å²) in [5.41, 5.74) is 8.44. The van der Waals surface area contributed by atoms with E-state index in [1.807, 2.05) is 0 Å². The van der Waals surface area contributed by atoms with Crippen molar-refractivity contribution in [1.82, 2.24) is 0 Å². The molecule has 1 atom stereocenters. The molecule has 0 spiro atoms. The Bertz CT molecular complexity index is 378. The normalized spacial score (nSPS) is 21.4. The summed E-state index contributed by atoms with van der Waals surface area (Å²) in [7, 11) is 0. The second kappa shape index (κ2) is 5.87. The van der Waals surface area contributed by atoms with Crippen molar-refractivity contribution < 1.29 is 0 Å². The number of nitrogens with two attached hydrogens (primary N) is 1. The zero-order valence-electron chi connectivity index (χ0n) is 10.5. The molecule has 1 aromatic carbocycles. The summed E-state index contributed by atoms with van der Waals surface area (Å²) in [5, 5.41) is 0. The van der Waals surface area contributed by atoms with Crippen molar-refractivity contribution in [3.05, 3.63) is 28.2 Å². The van der Waals surface area contributed by atoms with Crippen molar-refractivity contribution in [3.63, 3.8) is 0 Å². The van der Waals surface area contributed by atoms with Crippen molar-refractivity contribution in [2.24, 2.45) is 5.73 Å². The van der Waals surface area contributed by atoms with Gasteiger partial charge < -0.3 is 10.6 Å². The van der Waals surface area contributed by atoms with Crippen LogP contribution in [0.15, 0.2) is 22.7 Å². The van der Waals surface area contributed by atoms with Gasteiger partial charge in [0.2, 0.25) is 0 Å². The van der Waals surface area contributed by atoms with Crippen LogP contribution in [0.5, 0.6) is 0 Å². The van der Waals surface area contributed by atoms with Crippen LogP contribution in [-0.2, 0) is 6.54 Å². The highest BCUT2D eigenvalue weighted by Crippen LogP contribution is 2.31. The van der Waals surface area contributed by atoms with E-state index in [1.54, 1.807) is 0 Å². The van der Waals surface area contributed by atoms with Crippen molar-refractivity contribution >= 4 is 21.6 Å². The minimum Gasteiger partial charge on any atom is -0.369 e. The van der Waals surface area contributed by atoms with Crippen LogP contribution in [0.2, 0.25) is 0 Å². The third kappa shape index (κ3) is 2.83. The Balaban J connectivity index is 2.34. The predicted octanol–water partition coefficient (Wildman–Crippen LogP) is 3.68. The molecule has 3 heteroatoms. The Morgan fingerprint density at radius 1 is 1.35 bits per heavy atom. The molecule has 17 heavy (non-hydrogen) atoms. The van der Waals surface area contributed by atoms with Crippen molar-refractivity contribution in [2.75, 3.05) is 11.4 Å². The molecule has 2 nitrogen and oxygen atoms in total. The van der Waals surface area contributed by atoms with Gasteiger partial charge in [0, 0.05) is 34.9 Å². The fourth-order valence-electron chi connectivity index (χ4n) is 2.65. The molecule has 2 rings (SSSR count). The molecule has 2 N–H and O–H groups in total. The van der Waals surface area contributed by atoms with Crippen LogP contribution in [0.4, 0.5) is 5.69 Å². The Morgan fingerprint density at radius 2 is 2.18 bits per heavy atom. The molecular weight excluding hydrogens is 276 g/mol. The number of anilines is 1. The van der Waals surface area contributed by atoms with Crippen LogP contribution in [-0.4, -0.2) is 12.6 Å². The topological polar surface area (TPSA) is 29.3 Å². The number of hydrogen-bond acceptors (Lipinski definition) is 2. The summed E-state index contributed by atoms with van der Waals surface area (Å²) < 4.78 is 1.13. The number of nitrogens with zero attached hydrogens (tertiary/aromatic N) is 1. The SMILES string of the molecule is CC1CCCCCN1c1cccc(Br)c1CN. The van der Waals surface area contributed by atoms with E-state index in [-0.39, 0.29) is 0 Å². The van der Waals surface area contributed by atoms with Gasteiger partial charge in [-0.2, -0.15) is 0 Å². The zero-order chi connectivity index (χ0) is 12.3. The van der Waals surface area contributed by atoms with Crippen LogP contribution < -0.4 is 10.6 Å². The molecule has 0 amide bonds. The van der Waals surface area contributed by atoms with Crippen molar-refractivity contribution in [1.29, 1.82) is 0 Å². The maximum atomic E-state index is 5.89. The molecule has 1 unspecified atom stereocenters.